The van der Waals surface area contributed by atoms with Crippen molar-refractivity contribution >= 4 is 100 Å². The van der Waals surface area contributed by atoms with Crippen molar-refractivity contribution in [3.63, 3.8) is 0 Å². The van der Waals surface area contributed by atoms with E-state index in [1.165, 1.54) is 0 Å². The van der Waals surface area contributed by atoms with Crippen LogP contribution in [0.5, 0.6) is 0 Å². The first-order chi connectivity index (χ1) is 0. The average molecular weight is 874 g/mol. The summed E-state index contributed by atoms with van der Waals surface area (Å²) >= 11 is 0. The minimum atomic E-state index is 0. The molecule has 0 heterocycles. The molecule has 0 unspecified atom stereocenters. The van der Waals surface area contributed by atoms with Gasteiger partial charge in [0.1, 0.15) is 0 Å². The molecule has 6 heavy (non-hydrogen) atoms. The van der Waals surface area contributed by atoms with Gasteiger partial charge >= 0.3 is 0 Å². The van der Waals surface area contributed by atoms with E-state index in [1.54, 1.807) is 0 Å². The molecule has 0 fully saturated rings. The largest absolute Gasteiger partial charge is 0 e. The zero-order valence-electron chi connectivity index (χ0n) is 2.98. The van der Waals surface area contributed by atoms with Gasteiger partial charge in [-0.2, -0.15) is 0 Å². The van der Waals surface area contributed by atoms with Gasteiger partial charge in [0.15, 0.2) is 0 Å². The summed E-state index contributed by atoms with van der Waals surface area (Å²) in [5.74, 6) is 0. The molecule has 14 radical (unpaired) electrons. The summed E-state index contributed by atoms with van der Waals surface area (Å²) in [7, 11) is 0. The van der Waals surface area contributed by atoms with Crippen LogP contribution < -0.4 is 0 Å². The van der Waals surface area contributed by atoms with Crippen LogP contribution in [0, 0.1) is 0 Å². The summed E-state index contributed by atoms with van der Waals surface area (Å²) in [6.45, 7) is 0. The molecule has 0 atom stereocenters. The maximum Gasteiger partial charge on any atom is 0 e. The van der Waals surface area contributed by atoms with E-state index in [0.29, 0.717) is 0 Å². The molecule has 0 N–H and O–H groups in total. The second-order valence-electron chi connectivity index (χ2n) is 0. The predicted molar refractivity (Wildman–Crippen MR) is 23.0 cm³/mol. The smallest absolute Gasteiger partial charge is 0 e. The van der Waals surface area contributed by atoms with Crippen molar-refractivity contribution in [1.82, 2.24) is 0 Å². The van der Waals surface area contributed by atoms with E-state index in [2.05, 4.69) is 0 Å². The Bertz CT molecular complexity index is 15.5. The molecule has 0 amide bonds. The summed E-state index contributed by atoms with van der Waals surface area (Å²) in [5.41, 5.74) is 0. The first-order valence-corrected chi connectivity index (χ1v) is 0. The summed E-state index contributed by atoms with van der Waals surface area (Å²) in [4.78, 5) is 0. The number of rotatable bonds is 0. The molecule has 0 nitrogen and oxygen atoms in total. The molecule has 0 aromatic heterocycles. The van der Waals surface area contributed by atoms with Gasteiger partial charge in [0.25, 0.3) is 0 Å². The molecule has 0 bridgehead atoms. The van der Waals surface area contributed by atoms with E-state index >= 15 is 0 Å². The Morgan fingerprint density at radius 1 is 1.00 bits per heavy atom. The third-order valence-corrected chi connectivity index (χ3v) is 0. The predicted octanol–water partition coefficient (Wildman–Crippen LogP) is -1.53. The fraction of sp³-hybridized carbons (Fsp3) is 0. The normalized spacial score (nSPS) is 0. The molecule has 6 heteroatoms. The third kappa shape index (κ3) is 23.0. The summed E-state index contributed by atoms with van der Waals surface area (Å²) in [6, 6.07) is 0. The van der Waals surface area contributed by atoms with Crippen LogP contribution in [0.25, 0.3) is 0 Å². The van der Waals surface area contributed by atoms with Gasteiger partial charge in [0, 0.05) is 150 Å². The minimum absolute atomic E-state index is 0. The van der Waals surface area contributed by atoms with Gasteiger partial charge in [-0.25, -0.2) is 0 Å². The Kier molecular flexibility index (Phi) is 236. The van der Waals surface area contributed by atoms with E-state index in [0.717, 1.165) is 0 Å². The minimum Gasteiger partial charge on any atom is 0 e. The van der Waals surface area contributed by atoms with Gasteiger partial charge in [0.2, 0.25) is 0 Å². The van der Waals surface area contributed by atoms with Crippen LogP contribution in [0.3, 0.4) is 0 Å². The van der Waals surface area contributed by atoms with Crippen LogP contribution in [0.15, 0.2) is 0 Å². The van der Waals surface area contributed by atoms with Crippen molar-refractivity contribution in [2.24, 2.45) is 0 Å². The molecule has 0 aromatic rings. The monoisotopic (exact) mass is 876 g/mol. The van der Waals surface area contributed by atoms with E-state index in [1.807, 2.05) is 0 Å². The maximum atomic E-state index is 0. The Labute approximate surface area is 146 Å². The van der Waals surface area contributed by atoms with Gasteiger partial charge < -0.3 is 0 Å². The van der Waals surface area contributed by atoms with Crippen LogP contribution in [0.2, 0.25) is 0 Å². The van der Waals surface area contributed by atoms with Crippen molar-refractivity contribution in [2.45, 2.75) is 0 Å². The third-order valence-electron chi connectivity index (χ3n) is 0. The number of hydrogen-bond donors (Lipinski definition) is 0. The summed E-state index contributed by atoms with van der Waals surface area (Å²) in [6.07, 6.45) is 0. The van der Waals surface area contributed by atoms with E-state index < -0.39 is 0 Å². The quantitative estimate of drug-likeness (QED) is 0.260. The molecule has 0 aliphatic rings. The van der Waals surface area contributed by atoms with E-state index in [-0.39, 0.29) is 150 Å². The van der Waals surface area contributed by atoms with Crippen LogP contribution in [0.1, 0.15) is 0 Å². The molecule has 0 saturated heterocycles. The zero-order chi connectivity index (χ0) is 0. The van der Waals surface area contributed by atoms with Crippen LogP contribution in [-0.4, -0.2) is 100 Å². The summed E-state index contributed by atoms with van der Waals surface area (Å²) < 4.78 is 0. The molecule has 0 spiro atoms. The molecule has 0 aliphatic carbocycles. The standard InChI is InChI=1S/Au.Bi.Cd.In.Sb.Sn. The van der Waals surface area contributed by atoms with Crippen molar-refractivity contribution in [1.29, 1.82) is 0 Å². The molecule has 0 aliphatic heterocycles. The van der Waals surface area contributed by atoms with Crippen LogP contribution in [0.4, 0.5) is 0 Å². The van der Waals surface area contributed by atoms with Gasteiger partial charge in [0.05, 0.1) is 0 Å². The zero-order valence-corrected chi connectivity index (χ0v) is 21.4. The molecule has 30 valence electrons. The molecule has 0 aromatic carbocycles. The van der Waals surface area contributed by atoms with Gasteiger partial charge in [-0.15, -0.1) is 0 Å². The Hall–Kier alpha value is 5.03. The van der Waals surface area contributed by atoms with Crippen LogP contribution >= 0.6 is 0 Å². The molecule has 0 saturated carbocycles. The first kappa shape index (κ1) is 43.8. The van der Waals surface area contributed by atoms with Gasteiger partial charge in [-0.05, 0) is 0 Å². The maximum absolute atomic E-state index is 0. The topological polar surface area (TPSA) is 0 Å². The molecular weight excluding hydrogens is 874 g/mol. The Morgan fingerprint density at radius 2 is 1.00 bits per heavy atom. The Morgan fingerprint density at radius 3 is 1.00 bits per heavy atom. The van der Waals surface area contributed by atoms with Crippen LogP contribution in [-0.2, 0) is 49.7 Å². The second kappa shape index (κ2) is 32.3. The SMILES string of the molecule is [Au].[Bi].[Cd].[In].[Sb].[Sn]. The van der Waals surface area contributed by atoms with E-state index in [4.69, 9.17) is 0 Å². The summed E-state index contributed by atoms with van der Waals surface area (Å²) in [5, 5.41) is 0. The van der Waals surface area contributed by atoms with Crippen molar-refractivity contribution in [2.75, 3.05) is 0 Å². The van der Waals surface area contributed by atoms with Crippen molar-refractivity contribution < 1.29 is 49.7 Å². The average Bonchev–Trinajstić information content (AvgIpc) is 0. The molecular formula is AuBiCdInSbSn. The fourth-order valence-corrected chi connectivity index (χ4v) is 0. The van der Waals surface area contributed by atoms with Gasteiger partial charge in [-0.1, -0.05) is 0 Å². The molecule has 0 rings (SSSR count). The fourth-order valence-electron chi connectivity index (χ4n) is 0. The second-order valence-corrected chi connectivity index (χ2v) is 0. The van der Waals surface area contributed by atoms with E-state index in [9.17, 15) is 0 Å². The number of hydrogen-bond acceptors (Lipinski definition) is 0. The van der Waals surface area contributed by atoms with Gasteiger partial charge in [-0.3, -0.25) is 0 Å². The Balaban J connectivity index is 0. The van der Waals surface area contributed by atoms with Crippen molar-refractivity contribution in [3.05, 3.63) is 0 Å². The van der Waals surface area contributed by atoms with Crippen molar-refractivity contribution in [3.8, 4) is 0 Å². The first-order valence-electron chi connectivity index (χ1n) is 0.